The molecule has 154 valence electrons. The Labute approximate surface area is 164 Å². The van der Waals surface area contributed by atoms with Gasteiger partial charge in [-0.2, -0.15) is 0 Å². The van der Waals surface area contributed by atoms with Gasteiger partial charge >= 0.3 is 0 Å². The minimum atomic E-state index is -2.54. The Morgan fingerprint density at radius 3 is 2.59 bits per heavy atom. The van der Waals surface area contributed by atoms with E-state index in [0.717, 1.165) is 44.9 Å². The molecule has 4 unspecified atom stereocenters. The molecule has 0 heterocycles. The molecule has 3 heteroatoms. The highest BCUT2D eigenvalue weighted by atomic mass is 19.3. The molecular formula is C24H38F2O. The lowest BCUT2D eigenvalue weighted by molar-refractivity contribution is -0.116. The molecule has 4 aliphatic carbocycles. The Kier molecular flexibility index (Phi) is 4.81. The molecule has 0 aromatic carbocycles. The van der Waals surface area contributed by atoms with Crippen LogP contribution in [0.3, 0.4) is 0 Å². The van der Waals surface area contributed by atoms with Gasteiger partial charge in [0.25, 0.3) is 5.92 Å². The number of allylic oxidation sites excluding steroid dienone is 1. The van der Waals surface area contributed by atoms with Crippen LogP contribution in [0, 0.1) is 40.4 Å². The normalized spacial score (nSPS) is 48.3. The van der Waals surface area contributed by atoms with Gasteiger partial charge in [-0.15, -0.1) is 0 Å². The number of hydrogen-bond acceptors (Lipinski definition) is 1. The van der Waals surface area contributed by atoms with Crippen LogP contribution < -0.4 is 0 Å². The first-order chi connectivity index (χ1) is 12.6. The van der Waals surface area contributed by atoms with E-state index in [1.54, 1.807) is 6.92 Å². The first kappa shape index (κ1) is 19.9. The summed E-state index contributed by atoms with van der Waals surface area (Å²) in [5.41, 5.74) is 1.81. The molecule has 0 saturated heterocycles. The Morgan fingerprint density at radius 1 is 1.15 bits per heavy atom. The van der Waals surface area contributed by atoms with E-state index in [9.17, 15) is 13.9 Å². The van der Waals surface area contributed by atoms with E-state index >= 15 is 0 Å². The fourth-order valence-electron chi connectivity index (χ4n) is 8.12. The Hall–Kier alpha value is -0.440. The molecule has 8 atom stereocenters. The molecule has 3 saturated carbocycles. The quantitative estimate of drug-likeness (QED) is 0.546. The second-order valence-corrected chi connectivity index (χ2v) is 10.8. The molecule has 1 N–H and O–H groups in total. The molecule has 0 spiro atoms. The summed E-state index contributed by atoms with van der Waals surface area (Å²) in [5, 5.41) is 10.1. The first-order valence-corrected chi connectivity index (χ1v) is 11.4. The number of rotatable bonds is 3. The third-order valence-electron chi connectivity index (χ3n) is 9.89. The third-order valence-corrected chi connectivity index (χ3v) is 9.89. The van der Waals surface area contributed by atoms with Crippen LogP contribution in [0.5, 0.6) is 0 Å². The number of fused-ring (bicyclic) bond motifs is 5. The molecule has 0 aromatic rings. The minimum absolute atomic E-state index is 0.0377. The number of aliphatic hydroxyl groups excluding tert-OH is 1. The van der Waals surface area contributed by atoms with Crippen LogP contribution in [0.1, 0.15) is 85.5 Å². The molecule has 0 radical (unpaired) electrons. The zero-order valence-electron chi connectivity index (χ0n) is 17.6. The van der Waals surface area contributed by atoms with Gasteiger partial charge < -0.3 is 5.11 Å². The summed E-state index contributed by atoms with van der Waals surface area (Å²) in [6.45, 7) is 8.23. The zero-order valence-corrected chi connectivity index (χ0v) is 17.6. The maximum atomic E-state index is 14.5. The molecular weight excluding hydrogens is 342 g/mol. The summed E-state index contributed by atoms with van der Waals surface area (Å²) in [6.07, 6.45) is 10.6. The Morgan fingerprint density at radius 2 is 1.89 bits per heavy atom. The fourth-order valence-corrected chi connectivity index (χ4v) is 8.12. The smallest absolute Gasteiger partial charge is 0.250 e. The average Bonchev–Trinajstić information content (AvgIpc) is 2.98. The minimum Gasteiger partial charge on any atom is -0.393 e. The summed E-state index contributed by atoms with van der Waals surface area (Å²) in [6, 6.07) is 0. The lowest BCUT2D eigenvalue weighted by Gasteiger charge is -2.58. The average molecular weight is 381 g/mol. The molecule has 0 aromatic heterocycles. The predicted octanol–water partition coefficient (Wildman–Crippen LogP) is 6.61. The van der Waals surface area contributed by atoms with Gasteiger partial charge in [0.2, 0.25) is 0 Å². The van der Waals surface area contributed by atoms with Crippen molar-refractivity contribution in [1.29, 1.82) is 0 Å². The van der Waals surface area contributed by atoms with Crippen LogP contribution in [-0.2, 0) is 0 Å². The molecule has 4 rings (SSSR count). The van der Waals surface area contributed by atoms with Crippen molar-refractivity contribution in [2.75, 3.05) is 0 Å². The Bertz CT molecular complexity index is 614. The monoisotopic (exact) mass is 380 g/mol. The van der Waals surface area contributed by atoms with E-state index in [1.807, 2.05) is 6.92 Å². The van der Waals surface area contributed by atoms with Crippen molar-refractivity contribution in [3.8, 4) is 0 Å². The number of aliphatic hydroxyl groups is 1. The number of hydrogen-bond donors (Lipinski definition) is 1. The first-order valence-electron chi connectivity index (χ1n) is 11.4. The highest BCUT2D eigenvalue weighted by Crippen LogP contribution is 2.67. The highest BCUT2D eigenvalue weighted by molar-refractivity contribution is 5.25. The van der Waals surface area contributed by atoms with Crippen molar-refractivity contribution in [1.82, 2.24) is 0 Å². The second-order valence-electron chi connectivity index (χ2n) is 10.8. The zero-order chi connectivity index (χ0) is 19.6. The highest BCUT2D eigenvalue weighted by Gasteiger charge is 2.61. The van der Waals surface area contributed by atoms with Crippen LogP contribution in [0.4, 0.5) is 8.78 Å². The van der Waals surface area contributed by atoms with Gasteiger partial charge in [0, 0.05) is 12.3 Å². The van der Waals surface area contributed by atoms with Crippen LogP contribution in [0.25, 0.3) is 0 Å². The van der Waals surface area contributed by atoms with Gasteiger partial charge in [0.05, 0.1) is 6.10 Å². The van der Waals surface area contributed by atoms with Crippen LogP contribution >= 0.6 is 0 Å². The number of halogens is 2. The topological polar surface area (TPSA) is 20.2 Å². The molecule has 0 amide bonds. The molecule has 0 bridgehead atoms. The summed E-state index contributed by atoms with van der Waals surface area (Å²) in [4.78, 5) is 0. The van der Waals surface area contributed by atoms with Crippen molar-refractivity contribution >= 4 is 0 Å². The van der Waals surface area contributed by atoms with Crippen LogP contribution in [-0.4, -0.2) is 17.1 Å². The van der Waals surface area contributed by atoms with Crippen molar-refractivity contribution in [2.45, 2.75) is 97.5 Å². The summed E-state index contributed by atoms with van der Waals surface area (Å²) in [5.74, 6) is -0.958. The van der Waals surface area contributed by atoms with E-state index in [2.05, 4.69) is 19.9 Å². The van der Waals surface area contributed by atoms with Crippen molar-refractivity contribution < 1.29 is 13.9 Å². The van der Waals surface area contributed by atoms with E-state index in [1.165, 1.54) is 12.0 Å². The largest absolute Gasteiger partial charge is 0.393 e. The van der Waals surface area contributed by atoms with Gasteiger partial charge in [-0.05, 0) is 85.9 Å². The Balaban J connectivity index is 1.61. The lowest BCUT2D eigenvalue weighted by atomic mass is 9.47. The van der Waals surface area contributed by atoms with E-state index in [4.69, 9.17) is 0 Å². The van der Waals surface area contributed by atoms with Gasteiger partial charge in [0.15, 0.2) is 0 Å². The molecule has 3 fully saturated rings. The third kappa shape index (κ3) is 2.85. The molecule has 4 aliphatic rings. The maximum absolute atomic E-state index is 14.5. The summed E-state index contributed by atoms with van der Waals surface area (Å²) < 4.78 is 29.1. The van der Waals surface area contributed by atoms with E-state index in [0.29, 0.717) is 17.8 Å². The molecule has 0 aliphatic heterocycles. The molecule has 27 heavy (non-hydrogen) atoms. The van der Waals surface area contributed by atoms with E-state index < -0.39 is 11.8 Å². The van der Waals surface area contributed by atoms with Crippen molar-refractivity contribution in [3.63, 3.8) is 0 Å². The fraction of sp³-hybridized carbons (Fsp3) is 0.917. The standard InChI is InChI=1S/C24H38F2O/c1-5-24(25,26)15(2)19-8-9-20-18-7-6-16-14-17(27)10-12-22(16,3)21(18)11-13-23(19,20)4/h6,15,17-21,27H,5,7-14H2,1-4H3/t15?,17-,18?,19+,20?,21?,22-,23+/m0/s1. The van der Waals surface area contributed by atoms with Gasteiger partial charge in [-0.1, -0.05) is 39.3 Å². The van der Waals surface area contributed by atoms with Crippen molar-refractivity contribution in [2.24, 2.45) is 40.4 Å². The SMILES string of the molecule is CCC(F)(F)C(C)[C@H]1CCC2C3CC=C4C[C@@H](O)CC[C@]4(C)C3CC[C@@]21C. The number of alkyl halides is 2. The van der Waals surface area contributed by atoms with Crippen LogP contribution in [0.2, 0.25) is 0 Å². The molecule has 1 nitrogen and oxygen atoms in total. The summed E-state index contributed by atoms with van der Waals surface area (Å²) >= 11 is 0. The van der Waals surface area contributed by atoms with Crippen molar-refractivity contribution in [3.05, 3.63) is 11.6 Å². The predicted molar refractivity (Wildman–Crippen MR) is 106 cm³/mol. The summed E-state index contributed by atoms with van der Waals surface area (Å²) in [7, 11) is 0. The van der Waals surface area contributed by atoms with E-state index in [-0.39, 0.29) is 29.3 Å². The van der Waals surface area contributed by atoms with Gasteiger partial charge in [-0.25, -0.2) is 8.78 Å². The second kappa shape index (κ2) is 6.54. The lowest BCUT2D eigenvalue weighted by Crippen LogP contribution is -2.51. The van der Waals surface area contributed by atoms with Gasteiger partial charge in [0.1, 0.15) is 0 Å². The van der Waals surface area contributed by atoms with Gasteiger partial charge in [-0.3, -0.25) is 0 Å². The van der Waals surface area contributed by atoms with Crippen LogP contribution in [0.15, 0.2) is 11.6 Å². The maximum Gasteiger partial charge on any atom is 0.250 e.